The van der Waals surface area contributed by atoms with Gasteiger partial charge in [0.2, 0.25) is 5.95 Å². The summed E-state index contributed by atoms with van der Waals surface area (Å²) in [4.78, 5) is 10.6. The van der Waals surface area contributed by atoms with Crippen molar-refractivity contribution in [2.24, 2.45) is 0 Å². The fourth-order valence-corrected chi connectivity index (χ4v) is 2.43. The summed E-state index contributed by atoms with van der Waals surface area (Å²) in [6.07, 6.45) is 1.03. The molecule has 21 heavy (non-hydrogen) atoms. The van der Waals surface area contributed by atoms with Gasteiger partial charge in [-0.1, -0.05) is 35.0 Å². The van der Waals surface area contributed by atoms with Gasteiger partial charge < -0.3 is 16.0 Å². The highest BCUT2D eigenvalue weighted by atomic mass is 79.9. The molecule has 2 aromatic rings. The van der Waals surface area contributed by atoms with E-state index in [0.717, 1.165) is 35.6 Å². The van der Waals surface area contributed by atoms with E-state index in [-0.39, 0.29) is 5.95 Å². The summed E-state index contributed by atoms with van der Waals surface area (Å²) in [5.74, 6) is 1.86. The van der Waals surface area contributed by atoms with Gasteiger partial charge in [0.25, 0.3) is 0 Å². The average Bonchev–Trinajstić information content (AvgIpc) is 2.44. The first-order valence-electron chi connectivity index (χ1n) is 6.92. The van der Waals surface area contributed by atoms with Crippen LogP contribution in [0.25, 0.3) is 0 Å². The molecule has 6 heteroatoms. The molecule has 2 rings (SSSR count). The highest BCUT2D eigenvalue weighted by Gasteiger charge is 2.08. The number of nitrogens with one attached hydrogen (secondary N) is 1. The fraction of sp³-hybridized carbons (Fsp3) is 0.333. The van der Waals surface area contributed by atoms with Crippen LogP contribution in [0, 0.1) is 0 Å². The van der Waals surface area contributed by atoms with Gasteiger partial charge in [0.05, 0.1) is 0 Å². The van der Waals surface area contributed by atoms with E-state index in [1.165, 1.54) is 5.56 Å². The third-order valence-corrected chi connectivity index (χ3v) is 3.48. The number of hydrogen-bond acceptors (Lipinski definition) is 5. The van der Waals surface area contributed by atoms with Gasteiger partial charge in [-0.25, -0.2) is 0 Å². The minimum Gasteiger partial charge on any atom is -0.370 e. The maximum absolute atomic E-state index is 5.79. The van der Waals surface area contributed by atoms with Gasteiger partial charge in [-0.3, -0.25) is 0 Å². The molecule has 0 aliphatic carbocycles. The summed E-state index contributed by atoms with van der Waals surface area (Å²) in [6.45, 7) is 3.73. The Balaban J connectivity index is 2.14. The molecule has 0 amide bonds. The third kappa shape index (κ3) is 4.60. The van der Waals surface area contributed by atoms with Crippen LogP contribution in [0.5, 0.6) is 0 Å². The van der Waals surface area contributed by atoms with E-state index < -0.39 is 0 Å². The normalized spacial score (nSPS) is 10.4. The third-order valence-electron chi connectivity index (χ3n) is 2.99. The lowest BCUT2D eigenvalue weighted by atomic mass is 10.2. The first-order chi connectivity index (χ1) is 10.1. The topological polar surface area (TPSA) is 67.1 Å². The number of anilines is 3. The van der Waals surface area contributed by atoms with Gasteiger partial charge in [-0.2, -0.15) is 9.97 Å². The Kier molecular flexibility index (Phi) is 5.38. The zero-order valence-corrected chi connectivity index (χ0v) is 13.9. The molecule has 1 aromatic carbocycles. The Bertz CT molecular complexity index is 602. The summed E-state index contributed by atoms with van der Waals surface area (Å²) in [5, 5.41) is 3.24. The SMILES string of the molecule is CCCNc1cc(N(C)Cc2cccc(Br)c2)nc(N)n1. The number of hydrogen-bond donors (Lipinski definition) is 2. The monoisotopic (exact) mass is 349 g/mol. The molecule has 0 aliphatic rings. The molecule has 112 valence electrons. The van der Waals surface area contributed by atoms with Crippen LogP contribution in [-0.2, 0) is 6.54 Å². The van der Waals surface area contributed by atoms with E-state index in [9.17, 15) is 0 Å². The molecular formula is C15H20BrN5. The lowest BCUT2D eigenvalue weighted by Crippen LogP contribution is -2.19. The molecule has 0 atom stereocenters. The number of nitrogens with zero attached hydrogens (tertiary/aromatic N) is 3. The molecular weight excluding hydrogens is 330 g/mol. The largest absolute Gasteiger partial charge is 0.370 e. The summed E-state index contributed by atoms with van der Waals surface area (Å²) >= 11 is 3.49. The van der Waals surface area contributed by atoms with E-state index in [0.29, 0.717) is 0 Å². The molecule has 0 radical (unpaired) electrons. The van der Waals surface area contributed by atoms with E-state index in [1.807, 2.05) is 25.2 Å². The Labute approximate surface area is 133 Å². The Hall–Kier alpha value is -1.82. The molecule has 0 saturated heterocycles. The molecule has 0 bridgehead atoms. The maximum Gasteiger partial charge on any atom is 0.223 e. The zero-order valence-electron chi connectivity index (χ0n) is 12.3. The van der Waals surface area contributed by atoms with Crippen molar-refractivity contribution in [3.05, 3.63) is 40.4 Å². The second kappa shape index (κ2) is 7.26. The number of nitrogen functional groups attached to an aromatic ring is 1. The molecule has 0 saturated carbocycles. The number of benzene rings is 1. The van der Waals surface area contributed by atoms with Crippen LogP contribution >= 0.6 is 15.9 Å². The smallest absolute Gasteiger partial charge is 0.223 e. The number of rotatable bonds is 6. The van der Waals surface area contributed by atoms with Crippen molar-refractivity contribution in [3.8, 4) is 0 Å². The van der Waals surface area contributed by atoms with Crippen LogP contribution < -0.4 is 16.0 Å². The van der Waals surface area contributed by atoms with E-state index in [4.69, 9.17) is 5.73 Å². The first-order valence-corrected chi connectivity index (χ1v) is 7.72. The van der Waals surface area contributed by atoms with Crippen LogP contribution in [0.15, 0.2) is 34.8 Å². The van der Waals surface area contributed by atoms with Gasteiger partial charge in [0.1, 0.15) is 11.6 Å². The minimum absolute atomic E-state index is 0.284. The van der Waals surface area contributed by atoms with Gasteiger partial charge in [-0.05, 0) is 24.1 Å². The fourth-order valence-electron chi connectivity index (χ4n) is 1.98. The molecule has 1 aromatic heterocycles. The van der Waals surface area contributed by atoms with Gasteiger partial charge in [0, 0.05) is 30.7 Å². The second-order valence-corrected chi connectivity index (χ2v) is 5.80. The summed E-state index contributed by atoms with van der Waals surface area (Å²) in [6, 6.07) is 10.1. The molecule has 0 aliphatic heterocycles. The standard InChI is InChI=1S/C15H20BrN5/c1-3-7-18-13-9-14(20-15(17)19-13)21(2)10-11-5-4-6-12(16)8-11/h4-6,8-9H,3,7,10H2,1-2H3,(H3,17,18,19,20). The van der Waals surface area contributed by atoms with E-state index in [1.54, 1.807) is 0 Å². The molecule has 0 unspecified atom stereocenters. The molecule has 0 fully saturated rings. The van der Waals surface area contributed by atoms with Crippen molar-refractivity contribution >= 4 is 33.5 Å². The van der Waals surface area contributed by atoms with Crippen LogP contribution in [0.2, 0.25) is 0 Å². The van der Waals surface area contributed by atoms with E-state index >= 15 is 0 Å². The second-order valence-electron chi connectivity index (χ2n) is 4.88. The van der Waals surface area contributed by atoms with Crippen molar-refractivity contribution in [2.75, 3.05) is 29.5 Å². The molecule has 5 nitrogen and oxygen atoms in total. The first kappa shape index (κ1) is 15.6. The molecule has 0 spiro atoms. The quantitative estimate of drug-likeness (QED) is 0.837. The molecule has 1 heterocycles. The highest BCUT2D eigenvalue weighted by Crippen LogP contribution is 2.19. The van der Waals surface area contributed by atoms with Crippen molar-refractivity contribution in [1.82, 2.24) is 9.97 Å². The zero-order chi connectivity index (χ0) is 15.2. The van der Waals surface area contributed by atoms with Crippen molar-refractivity contribution < 1.29 is 0 Å². The lowest BCUT2D eigenvalue weighted by molar-refractivity contribution is 0.890. The number of halogens is 1. The summed E-state index contributed by atoms with van der Waals surface area (Å²) in [7, 11) is 1.99. The predicted molar refractivity (Wildman–Crippen MR) is 91.5 cm³/mol. The Morgan fingerprint density at radius 3 is 2.81 bits per heavy atom. The predicted octanol–water partition coefficient (Wildman–Crippen LogP) is 3.28. The van der Waals surface area contributed by atoms with Crippen LogP contribution in [-0.4, -0.2) is 23.6 Å². The minimum atomic E-state index is 0.284. The lowest BCUT2D eigenvalue weighted by Gasteiger charge is -2.19. The van der Waals surface area contributed by atoms with E-state index in [2.05, 4.69) is 55.2 Å². The molecule has 3 N–H and O–H groups in total. The maximum atomic E-state index is 5.79. The van der Waals surface area contributed by atoms with Crippen LogP contribution in [0.3, 0.4) is 0 Å². The Morgan fingerprint density at radius 1 is 1.29 bits per heavy atom. The van der Waals surface area contributed by atoms with Crippen molar-refractivity contribution in [2.45, 2.75) is 19.9 Å². The van der Waals surface area contributed by atoms with Crippen molar-refractivity contribution in [1.29, 1.82) is 0 Å². The van der Waals surface area contributed by atoms with Gasteiger partial charge >= 0.3 is 0 Å². The Morgan fingerprint density at radius 2 is 2.10 bits per heavy atom. The summed E-state index contributed by atoms with van der Waals surface area (Å²) in [5.41, 5.74) is 6.99. The number of aromatic nitrogens is 2. The van der Waals surface area contributed by atoms with Crippen LogP contribution in [0.4, 0.5) is 17.6 Å². The average molecular weight is 350 g/mol. The van der Waals surface area contributed by atoms with Gasteiger partial charge in [0.15, 0.2) is 0 Å². The summed E-state index contributed by atoms with van der Waals surface area (Å²) < 4.78 is 1.07. The number of nitrogens with two attached hydrogens (primary N) is 1. The highest BCUT2D eigenvalue weighted by molar-refractivity contribution is 9.10. The van der Waals surface area contributed by atoms with Crippen molar-refractivity contribution in [3.63, 3.8) is 0 Å². The van der Waals surface area contributed by atoms with Crippen LogP contribution in [0.1, 0.15) is 18.9 Å². The van der Waals surface area contributed by atoms with Gasteiger partial charge in [-0.15, -0.1) is 0 Å².